The number of fused-ring (bicyclic) bond motifs is 2. The second kappa shape index (κ2) is 15.2. The maximum absolute atomic E-state index is 13.5. The Bertz CT molecular complexity index is 1430. The van der Waals surface area contributed by atoms with Crippen molar-refractivity contribution in [2.24, 2.45) is 23.7 Å². The van der Waals surface area contributed by atoms with Crippen LogP contribution >= 0.6 is 11.6 Å². The Hall–Kier alpha value is -2.13. The van der Waals surface area contributed by atoms with Gasteiger partial charge in [-0.3, -0.25) is 14.4 Å². The van der Waals surface area contributed by atoms with Crippen molar-refractivity contribution < 1.29 is 13.7 Å². The Morgan fingerprint density at radius 3 is 2.55 bits per heavy atom. The molecule has 47 heavy (non-hydrogen) atoms. The number of amides is 1. The van der Waals surface area contributed by atoms with Crippen molar-refractivity contribution in [3.8, 4) is 5.75 Å². The summed E-state index contributed by atoms with van der Waals surface area (Å²) in [6.45, 7) is 12.3. The van der Waals surface area contributed by atoms with Gasteiger partial charge in [0.2, 0.25) is 0 Å². The highest BCUT2D eigenvalue weighted by Gasteiger charge is 2.41. The van der Waals surface area contributed by atoms with Crippen LogP contribution in [0.3, 0.4) is 0 Å². The molecular formula is C38H55ClN4O3S. The van der Waals surface area contributed by atoms with E-state index in [1.54, 1.807) is 0 Å². The lowest BCUT2D eigenvalue weighted by molar-refractivity contribution is 0.0123. The second-order valence-corrected chi connectivity index (χ2v) is 17.1. The molecule has 3 aliphatic heterocycles. The second-order valence-electron chi connectivity index (χ2n) is 15.1. The van der Waals surface area contributed by atoms with E-state index in [0.717, 1.165) is 68.3 Å². The van der Waals surface area contributed by atoms with Gasteiger partial charge in [-0.1, -0.05) is 44.4 Å². The number of carbonyl (C=O) groups is 1. The minimum atomic E-state index is -1.46. The molecule has 6 rings (SSSR count). The summed E-state index contributed by atoms with van der Waals surface area (Å²) in [6.07, 6.45) is 7.94. The van der Waals surface area contributed by atoms with Gasteiger partial charge in [0.05, 0.1) is 17.5 Å². The molecule has 0 spiro atoms. The van der Waals surface area contributed by atoms with Crippen molar-refractivity contribution in [1.82, 2.24) is 14.5 Å². The van der Waals surface area contributed by atoms with Crippen LogP contribution in [0.15, 0.2) is 36.4 Å². The quantitative estimate of drug-likeness (QED) is 0.363. The number of rotatable bonds is 6. The lowest BCUT2D eigenvalue weighted by atomic mass is 9.65. The van der Waals surface area contributed by atoms with Gasteiger partial charge in [-0.15, -0.1) is 0 Å². The number of hydrogen-bond acceptors (Lipinski definition) is 6. The van der Waals surface area contributed by atoms with Gasteiger partial charge in [-0.05, 0) is 118 Å². The van der Waals surface area contributed by atoms with Gasteiger partial charge >= 0.3 is 0 Å². The summed E-state index contributed by atoms with van der Waals surface area (Å²) in [5.41, 5.74) is 4.12. The topological polar surface area (TPSA) is 65.1 Å². The van der Waals surface area contributed by atoms with Crippen molar-refractivity contribution >= 4 is 34.2 Å². The number of carbonyl (C=O) groups excluding carboxylic acids is 1. The zero-order chi connectivity index (χ0) is 33.2. The number of anilines is 1. The number of nitrogens with one attached hydrogen (secondary N) is 1. The van der Waals surface area contributed by atoms with Crippen molar-refractivity contribution in [3.63, 3.8) is 0 Å². The third kappa shape index (κ3) is 7.87. The minimum absolute atomic E-state index is 0.115. The van der Waals surface area contributed by atoms with Gasteiger partial charge in [0.15, 0.2) is 0 Å². The van der Waals surface area contributed by atoms with E-state index in [1.807, 2.05) is 31.2 Å². The fourth-order valence-electron chi connectivity index (χ4n) is 8.36. The summed E-state index contributed by atoms with van der Waals surface area (Å²) in [5, 5.41) is 0.662. The maximum atomic E-state index is 13.5. The highest BCUT2D eigenvalue weighted by Crippen LogP contribution is 2.45. The van der Waals surface area contributed by atoms with Crippen molar-refractivity contribution in [2.45, 2.75) is 82.9 Å². The first-order chi connectivity index (χ1) is 22.6. The van der Waals surface area contributed by atoms with Gasteiger partial charge < -0.3 is 14.5 Å². The van der Waals surface area contributed by atoms with Gasteiger partial charge in [-0.25, -0.2) is 4.21 Å². The van der Waals surface area contributed by atoms with E-state index in [4.69, 9.17) is 16.3 Å². The smallest absolute Gasteiger partial charge is 0.263 e. The van der Waals surface area contributed by atoms with E-state index in [0.29, 0.717) is 36.0 Å². The molecule has 7 atom stereocenters. The number of halogens is 1. The van der Waals surface area contributed by atoms with Gasteiger partial charge in [0.1, 0.15) is 16.7 Å². The molecule has 258 valence electrons. The van der Waals surface area contributed by atoms with Crippen LogP contribution in [0, 0.1) is 23.7 Å². The Morgan fingerprint density at radius 2 is 1.83 bits per heavy atom. The normalized spacial score (nSPS) is 30.8. The van der Waals surface area contributed by atoms with Crippen LogP contribution in [-0.2, 0) is 17.4 Å². The predicted octanol–water partition coefficient (Wildman–Crippen LogP) is 6.77. The zero-order valence-electron chi connectivity index (χ0n) is 29.1. The number of aryl methyl sites for hydroxylation is 1. The molecule has 7 nitrogen and oxygen atoms in total. The molecule has 9 heteroatoms. The summed E-state index contributed by atoms with van der Waals surface area (Å²) in [4.78, 5) is 21.0. The van der Waals surface area contributed by atoms with E-state index in [-0.39, 0.29) is 23.0 Å². The number of nitrogens with zero attached hydrogens (tertiary/aromatic N) is 3. The molecule has 1 N–H and O–H groups in total. The van der Waals surface area contributed by atoms with Crippen LogP contribution in [0.5, 0.6) is 5.75 Å². The maximum Gasteiger partial charge on any atom is 0.263 e. The van der Waals surface area contributed by atoms with Crippen molar-refractivity contribution in [1.29, 1.82) is 0 Å². The molecule has 7 unspecified atom stereocenters. The van der Waals surface area contributed by atoms with Gasteiger partial charge in [-0.2, -0.15) is 0 Å². The first kappa shape index (κ1) is 34.7. The van der Waals surface area contributed by atoms with E-state index in [2.05, 4.69) is 59.5 Å². The van der Waals surface area contributed by atoms with E-state index in [1.165, 1.54) is 36.9 Å². The standard InChI is InChI=1S/C38H55ClN4O3S/c1-6-8-27-17-32(39)13-15-34(27)31-21-43-20-30-11-14-35(30)29(19-42-22-33(23-42)41(4)5)10-7-9-25(2)26(3)47(45)40-38(44)28-12-16-37(46-24-31)36(43)18-28/h12-13,15-18,25-26,29-31,33,35H,6-11,14,19-24H2,1-5H3,(H,40,44). The van der Waals surface area contributed by atoms with Crippen LogP contribution in [0.1, 0.15) is 86.7 Å². The molecule has 2 aromatic carbocycles. The van der Waals surface area contributed by atoms with Crippen molar-refractivity contribution in [3.05, 3.63) is 58.1 Å². The Labute approximate surface area is 290 Å². The highest BCUT2D eigenvalue weighted by atomic mass is 35.5. The number of hydrogen-bond donors (Lipinski definition) is 1. The van der Waals surface area contributed by atoms with Crippen LogP contribution in [0.4, 0.5) is 5.69 Å². The largest absolute Gasteiger partial charge is 0.491 e. The fourth-order valence-corrected chi connectivity index (χ4v) is 9.60. The molecule has 1 amide bonds. The lowest BCUT2D eigenvalue weighted by Gasteiger charge is -2.49. The third-order valence-corrected chi connectivity index (χ3v) is 13.5. The Kier molecular flexibility index (Phi) is 11.2. The third-order valence-electron chi connectivity index (χ3n) is 11.8. The molecule has 2 aromatic rings. The summed E-state index contributed by atoms with van der Waals surface area (Å²) >= 11 is 6.47. The van der Waals surface area contributed by atoms with E-state index >= 15 is 0 Å². The number of benzene rings is 2. The summed E-state index contributed by atoms with van der Waals surface area (Å²) in [6, 6.07) is 12.7. The minimum Gasteiger partial charge on any atom is -0.491 e. The average molecular weight is 683 g/mol. The Balaban J connectivity index is 1.32. The lowest BCUT2D eigenvalue weighted by Crippen LogP contribution is -2.59. The first-order valence-corrected chi connectivity index (χ1v) is 19.6. The molecule has 1 aliphatic carbocycles. The molecule has 2 bridgehead atoms. The highest BCUT2D eigenvalue weighted by molar-refractivity contribution is 7.84. The number of likely N-dealkylation sites (tertiary alicyclic amines) is 1. The van der Waals surface area contributed by atoms with Crippen LogP contribution in [0.25, 0.3) is 0 Å². The molecule has 3 heterocycles. The van der Waals surface area contributed by atoms with E-state index in [9.17, 15) is 9.00 Å². The van der Waals surface area contributed by atoms with Crippen LogP contribution < -0.4 is 14.4 Å². The van der Waals surface area contributed by atoms with Crippen LogP contribution in [0.2, 0.25) is 5.02 Å². The van der Waals surface area contributed by atoms with Gasteiger partial charge in [0, 0.05) is 55.3 Å². The molecule has 1 saturated heterocycles. The Morgan fingerprint density at radius 1 is 1.02 bits per heavy atom. The summed E-state index contributed by atoms with van der Waals surface area (Å²) in [7, 11) is 2.93. The zero-order valence-corrected chi connectivity index (χ0v) is 30.6. The molecule has 4 aliphatic rings. The van der Waals surface area contributed by atoms with Crippen molar-refractivity contribution in [2.75, 3.05) is 58.3 Å². The SMILES string of the molecule is CCCc1cc(Cl)ccc1C1COc2ccc3cc2N(C1)CC1CCC1C(CN1CC(N(C)C)C1)CCCC(C)C(C)S(=O)NC3=O. The predicted molar refractivity (Wildman–Crippen MR) is 194 cm³/mol. The number of likely N-dealkylation sites (N-methyl/N-ethyl adjacent to an activating group) is 1. The van der Waals surface area contributed by atoms with Crippen LogP contribution in [-0.4, -0.2) is 84.6 Å². The molecule has 2 fully saturated rings. The van der Waals surface area contributed by atoms with E-state index < -0.39 is 11.0 Å². The molecule has 0 radical (unpaired) electrons. The average Bonchev–Trinajstić information content (AvgIpc) is 3.18. The molecule has 0 aromatic heterocycles. The molecule has 1 saturated carbocycles. The monoisotopic (exact) mass is 682 g/mol. The first-order valence-electron chi connectivity index (χ1n) is 18.0. The molecular weight excluding hydrogens is 628 g/mol. The fraction of sp³-hybridized carbons (Fsp3) is 0.658. The summed E-state index contributed by atoms with van der Waals surface area (Å²) < 4.78 is 22.8. The summed E-state index contributed by atoms with van der Waals surface area (Å²) in [5.74, 6) is 2.93. The number of ether oxygens (including phenoxy) is 1. The van der Waals surface area contributed by atoms with Gasteiger partial charge in [0.25, 0.3) is 5.91 Å².